The van der Waals surface area contributed by atoms with Gasteiger partial charge in [-0.05, 0) is 62.7 Å². The molecule has 0 spiro atoms. The molecule has 6 heteroatoms. The van der Waals surface area contributed by atoms with Crippen molar-refractivity contribution in [2.75, 3.05) is 12.4 Å². The lowest BCUT2D eigenvalue weighted by molar-refractivity contribution is -0.159. The highest BCUT2D eigenvalue weighted by molar-refractivity contribution is 5.95. The van der Waals surface area contributed by atoms with Crippen LogP contribution in [0.1, 0.15) is 19.4 Å². The van der Waals surface area contributed by atoms with Crippen molar-refractivity contribution in [3.05, 3.63) is 54.1 Å². The number of hydrogen-bond acceptors (Lipinski definition) is 5. The van der Waals surface area contributed by atoms with Crippen LogP contribution < -0.4 is 14.8 Å². The number of aryl methyl sites for hydroxylation is 1. The van der Waals surface area contributed by atoms with E-state index in [2.05, 4.69) is 5.32 Å². The summed E-state index contributed by atoms with van der Waals surface area (Å²) in [6, 6.07) is 14.2. The fourth-order valence-corrected chi connectivity index (χ4v) is 2.18. The first-order valence-electron chi connectivity index (χ1n) is 8.28. The van der Waals surface area contributed by atoms with E-state index in [9.17, 15) is 9.59 Å². The van der Waals surface area contributed by atoms with Gasteiger partial charge in [-0.2, -0.15) is 0 Å². The molecule has 0 heterocycles. The summed E-state index contributed by atoms with van der Waals surface area (Å²) in [5.41, 5.74) is 1.61. The van der Waals surface area contributed by atoms with E-state index in [0.29, 0.717) is 17.2 Å². The summed E-state index contributed by atoms with van der Waals surface area (Å²) in [5, 5.41) is 2.68. The highest BCUT2D eigenvalue weighted by Gasteiger charge is 2.23. The van der Waals surface area contributed by atoms with E-state index in [4.69, 9.17) is 14.2 Å². The number of methoxy groups -OCH3 is 1. The Morgan fingerprint density at radius 2 is 1.65 bits per heavy atom. The lowest BCUT2D eigenvalue weighted by Crippen LogP contribution is -2.35. The van der Waals surface area contributed by atoms with Gasteiger partial charge in [0, 0.05) is 5.69 Å². The quantitative estimate of drug-likeness (QED) is 0.770. The number of amides is 1. The fraction of sp³-hybridized carbons (Fsp3) is 0.300. The van der Waals surface area contributed by atoms with Crippen LogP contribution in [0.5, 0.6) is 11.5 Å². The van der Waals surface area contributed by atoms with Crippen LogP contribution >= 0.6 is 0 Å². The molecule has 2 aromatic rings. The van der Waals surface area contributed by atoms with Gasteiger partial charge in [-0.1, -0.05) is 12.1 Å². The van der Waals surface area contributed by atoms with Gasteiger partial charge in [-0.15, -0.1) is 0 Å². The molecule has 1 N–H and O–H groups in total. The van der Waals surface area contributed by atoms with Crippen molar-refractivity contribution >= 4 is 17.6 Å². The van der Waals surface area contributed by atoms with Crippen LogP contribution in [0.3, 0.4) is 0 Å². The Balaban J connectivity index is 1.87. The predicted octanol–water partition coefficient (Wildman–Crippen LogP) is 3.34. The minimum atomic E-state index is -0.951. The van der Waals surface area contributed by atoms with Crippen molar-refractivity contribution in [1.29, 1.82) is 0 Å². The summed E-state index contributed by atoms with van der Waals surface area (Å²) in [4.78, 5) is 24.3. The second-order valence-electron chi connectivity index (χ2n) is 5.87. The second kappa shape index (κ2) is 8.89. The van der Waals surface area contributed by atoms with Crippen molar-refractivity contribution in [3.63, 3.8) is 0 Å². The number of carbonyl (C=O) groups is 2. The number of benzene rings is 2. The standard InChI is InChI=1S/C20H23NO5/c1-13-6-5-7-18(12-13)25-15(3)20(23)26-14(2)19(22)21-16-8-10-17(24-4)11-9-16/h5-12,14-15H,1-4H3,(H,21,22)/t14-,15+/m1/s1. The normalized spacial score (nSPS) is 12.6. The monoisotopic (exact) mass is 357 g/mol. The molecule has 2 atom stereocenters. The average Bonchev–Trinajstić information content (AvgIpc) is 2.62. The molecule has 0 saturated carbocycles. The van der Waals surface area contributed by atoms with E-state index in [-0.39, 0.29) is 0 Å². The van der Waals surface area contributed by atoms with Crippen LogP contribution in [0.25, 0.3) is 0 Å². The zero-order chi connectivity index (χ0) is 19.1. The number of carbonyl (C=O) groups excluding carboxylic acids is 2. The lowest BCUT2D eigenvalue weighted by atomic mass is 10.2. The van der Waals surface area contributed by atoms with Gasteiger partial charge < -0.3 is 19.5 Å². The summed E-state index contributed by atoms with van der Waals surface area (Å²) in [6.45, 7) is 5.02. The van der Waals surface area contributed by atoms with Crippen molar-refractivity contribution in [2.24, 2.45) is 0 Å². The Hall–Kier alpha value is -3.02. The molecule has 0 bridgehead atoms. The van der Waals surface area contributed by atoms with E-state index in [1.807, 2.05) is 25.1 Å². The summed E-state index contributed by atoms with van der Waals surface area (Å²) in [6.07, 6.45) is -1.78. The van der Waals surface area contributed by atoms with E-state index < -0.39 is 24.1 Å². The first-order chi connectivity index (χ1) is 12.4. The van der Waals surface area contributed by atoms with Gasteiger partial charge in [-0.25, -0.2) is 4.79 Å². The predicted molar refractivity (Wildman–Crippen MR) is 98.4 cm³/mol. The molecule has 6 nitrogen and oxygen atoms in total. The Labute approximate surface area is 153 Å². The molecular formula is C20H23NO5. The maximum atomic E-state index is 12.2. The van der Waals surface area contributed by atoms with Gasteiger partial charge in [0.1, 0.15) is 11.5 Å². The van der Waals surface area contributed by atoms with Crippen molar-refractivity contribution < 1.29 is 23.8 Å². The van der Waals surface area contributed by atoms with Gasteiger partial charge in [0.2, 0.25) is 0 Å². The number of rotatable bonds is 7. The first kappa shape index (κ1) is 19.3. The highest BCUT2D eigenvalue weighted by Crippen LogP contribution is 2.17. The minimum absolute atomic E-state index is 0.425. The molecule has 0 aliphatic rings. The van der Waals surface area contributed by atoms with Crippen LogP contribution in [0.4, 0.5) is 5.69 Å². The summed E-state index contributed by atoms with van der Waals surface area (Å²) < 4.78 is 15.8. The van der Waals surface area contributed by atoms with Gasteiger partial charge in [0.15, 0.2) is 12.2 Å². The van der Waals surface area contributed by atoms with Crippen LogP contribution in [0.2, 0.25) is 0 Å². The molecule has 0 fully saturated rings. The molecule has 0 aliphatic carbocycles. The van der Waals surface area contributed by atoms with Crippen molar-refractivity contribution in [1.82, 2.24) is 0 Å². The van der Waals surface area contributed by atoms with Crippen LogP contribution in [0.15, 0.2) is 48.5 Å². The molecule has 0 aliphatic heterocycles. The molecule has 0 unspecified atom stereocenters. The van der Waals surface area contributed by atoms with E-state index in [0.717, 1.165) is 5.56 Å². The number of ether oxygens (including phenoxy) is 3. The first-order valence-corrected chi connectivity index (χ1v) is 8.28. The average molecular weight is 357 g/mol. The Morgan fingerprint density at radius 1 is 0.962 bits per heavy atom. The zero-order valence-corrected chi connectivity index (χ0v) is 15.3. The second-order valence-corrected chi connectivity index (χ2v) is 5.87. The molecule has 26 heavy (non-hydrogen) atoms. The SMILES string of the molecule is COc1ccc(NC(=O)[C@@H](C)OC(=O)[C@H](C)Oc2cccc(C)c2)cc1. The van der Waals surface area contributed by atoms with Crippen LogP contribution in [-0.2, 0) is 14.3 Å². The topological polar surface area (TPSA) is 73.9 Å². The molecular weight excluding hydrogens is 334 g/mol. The van der Waals surface area contributed by atoms with E-state index >= 15 is 0 Å². The number of esters is 1. The largest absolute Gasteiger partial charge is 0.497 e. The van der Waals surface area contributed by atoms with Gasteiger partial charge >= 0.3 is 5.97 Å². The third kappa shape index (κ3) is 5.51. The van der Waals surface area contributed by atoms with E-state index in [1.165, 1.54) is 6.92 Å². The lowest BCUT2D eigenvalue weighted by Gasteiger charge is -2.18. The zero-order valence-electron chi connectivity index (χ0n) is 15.3. The van der Waals surface area contributed by atoms with E-state index in [1.54, 1.807) is 44.4 Å². The molecule has 0 aromatic heterocycles. The molecule has 0 radical (unpaired) electrons. The maximum absolute atomic E-state index is 12.2. The van der Waals surface area contributed by atoms with Crippen molar-refractivity contribution in [3.8, 4) is 11.5 Å². The summed E-state index contributed by atoms with van der Waals surface area (Å²) in [5.74, 6) is 0.226. The number of anilines is 1. The minimum Gasteiger partial charge on any atom is -0.497 e. The summed E-state index contributed by atoms with van der Waals surface area (Å²) in [7, 11) is 1.56. The molecule has 2 rings (SSSR count). The molecule has 0 saturated heterocycles. The van der Waals surface area contributed by atoms with Crippen LogP contribution in [-0.4, -0.2) is 31.2 Å². The fourth-order valence-electron chi connectivity index (χ4n) is 2.18. The Morgan fingerprint density at radius 3 is 2.27 bits per heavy atom. The number of nitrogens with one attached hydrogen (secondary N) is 1. The molecule has 1 amide bonds. The van der Waals surface area contributed by atoms with Crippen molar-refractivity contribution in [2.45, 2.75) is 33.0 Å². The Bertz CT molecular complexity index is 757. The number of hydrogen-bond donors (Lipinski definition) is 1. The third-order valence-corrected chi connectivity index (χ3v) is 3.65. The van der Waals surface area contributed by atoms with Crippen LogP contribution in [0, 0.1) is 6.92 Å². The van der Waals surface area contributed by atoms with Gasteiger partial charge in [0.05, 0.1) is 7.11 Å². The third-order valence-electron chi connectivity index (χ3n) is 3.65. The maximum Gasteiger partial charge on any atom is 0.347 e. The molecule has 138 valence electrons. The summed E-state index contributed by atoms with van der Waals surface area (Å²) >= 11 is 0. The molecule has 2 aromatic carbocycles. The Kier molecular flexibility index (Phi) is 6.60. The van der Waals surface area contributed by atoms with Gasteiger partial charge in [0.25, 0.3) is 5.91 Å². The smallest absolute Gasteiger partial charge is 0.347 e. The van der Waals surface area contributed by atoms with Gasteiger partial charge in [-0.3, -0.25) is 4.79 Å². The highest BCUT2D eigenvalue weighted by atomic mass is 16.6.